The Labute approximate surface area is 128 Å². The number of carbonyl (C=O) groups is 2. The standard InChI is InChI=1S/C16H30N2O3/c1-3-4-10-18(2)11-9-15(19)17-12-13-7-5-6-8-14(13)16(20)21/h13-14H,3-12H2,1-2H3,(H,17,19)(H,20,21)/t13-,14-/m0/s1. The highest BCUT2D eigenvalue weighted by Gasteiger charge is 2.30. The smallest absolute Gasteiger partial charge is 0.306 e. The predicted octanol–water partition coefficient (Wildman–Crippen LogP) is 2.12. The number of hydrogen-bond acceptors (Lipinski definition) is 3. The number of aliphatic carboxylic acids is 1. The van der Waals surface area contributed by atoms with Crippen LogP contribution < -0.4 is 5.32 Å². The maximum atomic E-state index is 11.9. The number of amides is 1. The van der Waals surface area contributed by atoms with E-state index in [1.807, 2.05) is 7.05 Å². The molecule has 0 radical (unpaired) electrons. The third-order valence-electron chi connectivity index (χ3n) is 4.40. The number of nitrogens with zero attached hydrogens (tertiary/aromatic N) is 1. The quantitative estimate of drug-likeness (QED) is 0.684. The van der Waals surface area contributed by atoms with Gasteiger partial charge in [0.2, 0.25) is 5.91 Å². The lowest BCUT2D eigenvalue weighted by Gasteiger charge is -2.28. The molecule has 21 heavy (non-hydrogen) atoms. The minimum Gasteiger partial charge on any atom is -0.481 e. The van der Waals surface area contributed by atoms with Crippen LogP contribution in [0.15, 0.2) is 0 Å². The van der Waals surface area contributed by atoms with Crippen molar-refractivity contribution in [1.82, 2.24) is 10.2 Å². The molecule has 2 atom stereocenters. The van der Waals surface area contributed by atoms with Gasteiger partial charge in [-0.25, -0.2) is 0 Å². The first-order valence-corrected chi connectivity index (χ1v) is 8.22. The van der Waals surface area contributed by atoms with Crippen LogP contribution in [0.25, 0.3) is 0 Å². The summed E-state index contributed by atoms with van der Waals surface area (Å²) in [6, 6.07) is 0. The molecule has 0 aromatic carbocycles. The molecule has 0 unspecified atom stereocenters. The molecule has 1 aliphatic rings. The fraction of sp³-hybridized carbons (Fsp3) is 0.875. The lowest BCUT2D eigenvalue weighted by Crippen LogP contribution is -2.38. The van der Waals surface area contributed by atoms with Gasteiger partial charge in [-0.1, -0.05) is 26.2 Å². The Morgan fingerprint density at radius 2 is 1.95 bits per heavy atom. The number of nitrogens with one attached hydrogen (secondary N) is 1. The second-order valence-corrected chi connectivity index (χ2v) is 6.20. The maximum absolute atomic E-state index is 11.9. The molecule has 2 N–H and O–H groups in total. The van der Waals surface area contributed by atoms with Crippen molar-refractivity contribution in [3.8, 4) is 0 Å². The Hall–Kier alpha value is -1.10. The van der Waals surface area contributed by atoms with E-state index in [-0.39, 0.29) is 17.7 Å². The molecule has 0 saturated heterocycles. The van der Waals surface area contributed by atoms with Crippen LogP contribution in [0, 0.1) is 11.8 Å². The van der Waals surface area contributed by atoms with Crippen LogP contribution in [0.4, 0.5) is 0 Å². The van der Waals surface area contributed by atoms with E-state index >= 15 is 0 Å². The first-order chi connectivity index (χ1) is 10.0. The minimum absolute atomic E-state index is 0.0352. The zero-order chi connectivity index (χ0) is 15.7. The van der Waals surface area contributed by atoms with Gasteiger partial charge < -0.3 is 15.3 Å². The van der Waals surface area contributed by atoms with E-state index < -0.39 is 5.97 Å². The number of carboxylic acid groups (broad SMARTS) is 1. The molecule has 1 aliphatic carbocycles. The van der Waals surface area contributed by atoms with E-state index in [1.165, 1.54) is 0 Å². The van der Waals surface area contributed by atoms with E-state index in [0.29, 0.717) is 13.0 Å². The van der Waals surface area contributed by atoms with Crippen molar-refractivity contribution < 1.29 is 14.7 Å². The molecule has 0 aromatic heterocycles. The predicted molar refractivity (Wildman–Crippen MR) is 83.1 cm³/mol. The molecule has 5 nitrogen and oxygen atoms in total. The third-order valence-corrected chi connectivity index (χ3v) is 4.40. The summed E-state index contributed by atoms with van der Waals surface area (Å²) in [5.41, 5.74) is 0. The fourth-order valence-corrected chi connectivity index (χ4v) is 2.94. The van der Waals surface area contributed by atoms with Crippen LogP contribution in [0.3, 0.4) is 0 Å². The van der Waals surface area contributed by atoms with Crippen molar-refractivity contribution in [2.24, 2.45) is 11.8 Å². The van der Waals surface area contributed by atoms with Crippen LogP contribution in [-0.4, -0.2) is 48.6 Å². The first kappa shape index (κ1) is 18.0. The number of carboxylic acids is 1. The number of carbonyl (C=O) groups excluding carboxylic acids is 1. The maximum Gasteiger partial charge on any atom is 0.306 e. The summed E-state index contributed by atoms with van der Waals surface area (Å²) in [7, 11) is 2.03. The largest absolute Gasteiger partial charge is 0.481 e. The molecule has 0 bridgehead atoms. The minimum atomic E-state index is -0.715. The van der Waals surface area contributed by atoms with Gasteiger partial charge in [-0.05, 0) is 38.8 Å². The van der Waals surface area contributed by atoms with Crippen molar-refractivity contribution in [3.63, 3.8) is 0 Å². The van der Waals surface area contributed by atoms with Gasteiger partial charge >= 0.3 is 5.97 Å². The van der Waals surface area contributed by atoms with Gasteiger partial charge in [0.15, 0.2) is 0 Å². The van der Waals surface area contributed by atoms with Crippen molar-refractivity contribution >= 4 is 11.9 Å². The number of hydrogen-bond donors (Lipinski definition) is 2. The van der Waals surface area contributed by atoms with Gasteiger partial charge in [-0.2, -0.15) is 0 Å². The van der Waals surface area contributed by atoms with Crippen molar-refractivity contribution in [1.29, 1.82) is 0 Å². The van der Waals surface area contributed by atoms with Crippen LogP contribution >= 0.6 is 0 Å². The van der Waals surface area contributed by atoms with Crippen molar-refractivity contribution in [2.45, 2.75) is 51.9 Å². The Morgan fingerprint density at radius 3 is 2.62 bits per heavy atom. The van der Waals surface area contributed by atoms with Gasteiger partial charge in [0.05, 0.1) is 5.92 Å². The summed E-state index contributed by atoms with van der Waals surface area (Å²) < 4.78 is 0. The molecular weight excluding hydrogens is 268 g/mol. The molecule has 0 spiro atoms. The van der Waals surface area contributed by atoms with E-state index in [0.717, 1.165) is 51.6 Å². The van der Waals surface area contributed by atoms with Gasteiger partial charge in [-0.3, -0.25) is 9.59 Å². The highest BCUT2D eigenvalue weighted by molar-refractivity contribution is 5.76. The molecule has 0 aliphatic heterocycles. The third kappa shape index (κ3) is 6.93. The Morgan fingerprint density at radius 1 is 1.24 bits per heavy atom. The summed E-state index contributed by atoms with van der Waals surface area (Å²) in [6.45, 7) is 4.45. The van der Waals surface area contributed by atoms with E-state index in [1.54, 1.807) is 0 Å². The van der Waals surface area contributed by atoms with Gasteiger partial charge in [0.25, 0.3) is 0 Å². The monoisotopic (exact) mass is 298 g/mol. The highest BCUT2D eigenvalue weighted by Crippen LogP contribution is 2.29. The second-order valence-electron chi connectivity index (χ2n) is 6.20. The molecule has 1 rings (SSSR count). The normalized spacial score (nSPS) is 22.2. The Kier molecular flexibility index (Phi) is 8.35. The SMILES string of the molecule is CCCCN(C)CCC(=O)NC[C@@H]1CCCC[C@@H]1C(=O)O. The number of rotatable bonds is 9. The average molecular weight is 298 g/mol. The summed E-state index contributed by atoms with van der Waals surface area (Å²) in [5, 5.41) is 12.1. The summed E-state index contributed by atoms with van der Waals surface area (Å²) in [4.78, 5) is 25.2. The molecule has 1 fully saturated rings. The Balaban J connectivity index is 2.23. The Bertz CT molecular complexity index is 333. The van der Waals surface area contributed by atoms with Gasteiger partial charge in [0.1, 0.15) is 0 Å². The van der Waals surface area contributed by atoms with E-state index in [9.17, 15) is 14.7 Å². The zero-order valence-electron chi connectivity index (χ0n) is 13.4. The summed E-state index contributed by atoms with van der Waals surface area (Å²) >= 11 is 0. The van der Waals surface area contributed by atoms with E-state index in [2.05, 4.69) is 17.1 Å². The molecule has 1 amide bonds. The van der Waals surface area contributed by atoms with Crippen LogP contribution in [0.5, 0.6) is 0 Å². The molecule has 1 saturated carbocycles. The lowest BCUT2D eigenvalue weighted by molar-refractivity contribution is -0.145. The molecule has 0 heterocycles. The van der Waals surface area contributed by atoms with Crippen LogP contribution in [0.1, 0.15) is 51.9 Å². The second kappa shape index (κ2) is 9.77. The van der Waals surface area contributed by atoms with E-state index in [4.69, 9.17) is 0 Å². The summed E-state index contributed by atoms with van der Waals surface area (Å²) in [6.07, 6.45) is 6.52. The lowest BCUT2D eigenvalue weighted by atomic mass is 9.79. The zero-order valence-corrected chi connectivity index (χ0v) is 13.4. The average Bonchev–Trinajstić information content (AvgIpc) is 2.48. The summed E-state index contributed by atoms with van der Waals surface area (Å²) in [5.74, 6) is -0.870. The van der Waals surface area contributed by atoms with Crippen LogP contribution in [0.2, 0.25) is 0 Å². The number of unbranched alkanes of at least 4 members (excludes halogenated alkanes) is 1. The van der Waals surface area contributed by atoms with Gasteiger partial charge in [-0.15, -0.1) is 0 Å². The fourth-order valence-electron chi connectivity index (χ4n) is 2.94. The topological polar surface area (TPSA) is 69.6 Å². The first-order valence-electron chi connectivity index (χ1n) is 8.22. The molecular formula is C16H30N2O3. The molecule has 0 aromatic rings. The van der Waals surface area contributed by atoms with Crippen LogP contribution in [-0.2, 0) is 9.59 Å². The highest BCUT2D eigenvalue weighted by atomic mass is 16.4. The van der Waals surface area contributed by atoms with Crippen molar-refractivity contribution in [3.05, 3.63) is 0 Å². The van der Waals surface area contributed by atoms with Gasteiger partial charge in [0, 0.05) is 19.5 Å². The van der Waals surface area contributed by atoms with Crippen molar-refractivity contribution in [2.75, 3.05) is 26.7 Å². The molecule has 5 heteroatoms. The molecule has 122 valence electrons.